The molecule has 1 aliphatic rings. The Morgan fingerprint density at radius 2 is 1.61 bits per heavy atom. The number of fused-ring (bicyclic) bond motifs is 3. The molecule has 3 heterocycles. The Kier molecular flexibility index (Phi) is 6.30. The maximum atomic E-state index is 13.9. The van der Waals surface area contributed by atoms with Crippen molar-refractivity contribution in [3.8, 4) is 11.5 Å². The van der Waals surface area contributed by atoms with Crippen LogP contribution in [0.1, 0.15) is 46.6 Å². The summed E-state index contributed by atoms with van der Waals surface area (Å²) in [6, 6.07) is 32.6. The molecule has 0 fully saturated rings. The maximum absolute atomic E-state index is 13.9. The molecule has 2 amide bonds. The lowest BCUT2D eigenvalue weighted by Gasteiger charge is -2.31. The fourth-order valence-corrected chi connectivity index (χ4v) is 5.31. The number of carbonyl (C=O) groups is 1. The highest BCUT2D eigenvalue weighted by Gasteiger charge is 2.35. The van der Waals surface area contributed by atoms with Crippen LogP contribution >= 0.6 is 0 Å². The van der Waals surface area contributed by atoms with E-state index in [1.807, 2.05) is 65.0 Å². The zero-order valence-corrected chi connectivity index (χ0v) is 21.7. The number of amides is 2. The highest BCUT2D eigenvalue weighted by atomic mass is 16.2. The average molecular weight is 502 g/mol. The van der Waals surface area contributed by atoms with Gasteiger partial charge in [0.25, 0.3) is 0 Å². The SMILES string of the molecule is CCc1ccc(C2c3cccn3-c3c(c(C)nn3-c3ccccc3)CN2C(=O)NCc2ccccc2)cc1. The van der Waals surface area contributed by atoms with Crippen molar-refractivity contribution < 1.29 is 4.79 Å². The van der Waals surface area contributed by atoms with Crippen molar-refractivity contribution >= 4 is 6.03 Å². The first kappa shape index (κ1) is 23.8. The summed E-state index contributed by atoms with van der Waals surface area (Å²) in [6.45, 7) is 5.09. The second-order valence-electron chi connectivity index (χ2n) is 9.71. The van der Waals surface area contributed by atoms with Crippen LogP contribution < -0.4 is 5.32 Å². The Labute approximate surface area is 223 Å². The van der Waals surface area contributed by atoms with Gasteiger partial charge in [0.15, 0.2) is 0 Å². The molecule has 2 aromatic heterocycles. The molecule has 1 aliphatic heterocycles. The Morgan fingerprint density at radius 1 is 0.895 bits per heavy atom. The van der Waals surface area contributed by atoms with E-state index in [4.69, 9.17) is 5.10 Å². The molecule has 0 spiro atoms. The first-order valence-electron chi connectivity index (χ1n) is 13.1. The fourth-order valence-electron chi connectivity index (χ4n) is 5.31. The lowest BCUT2D eigenvalue weighted by molar-refractivity contribution is 0.180. The third-order valence-corrected chi connectivity index (χ3v) is 7.34. The Morgan fingerprint density at radius 3 is 2.32 bits per heavy atom. The van der Waals surface area contributed by atoms with Crippen LogP contribution in [0.3, 0.4) is 0 Å². The minimum Gasteiger partial charge on any atom is -0.334 e. The van der Waals surface area contributed by atoms with E-state index in [-0.39, 0.29) is 12.1 Å². The molecule has 0 bridgehead atoms. The molecule has 1 atom stereocenters. The lowest BCUT2D eigenvalue weighted by Crippen LogP contribution is -2.41. The van der Waals surface area contributed by atoms with Gasteiger partial charge in [-0.2, -0.15) is 5.10 Å². The minimum atomic E-state index is -0.261. The largest absolute Gasteiger partial charge is 0.334 e. The number of aryl methyl sites for hydroxylation is 2. The molecule has 3 aromatic carbocycles. The molecule has 0 aliphatic carbocycles. The first-order chi connectivity index (χ1) is 18.6. The monoisotopic (exact) mass is 501 g/mol. The Balaban J connectivity index is 1.48. The van der Waals surface area contributed by atoms with Crippen molar-refractivity contribution in [1.82, 2.24) is 24.6 Å². The van der Waals surface area contributed by atoms with Gasteiger partial charge in [-0.05, 0) is 54.3 Å². The molecule has 38 heavy (non-hydrogen) atoms. The highest BCUT2D eigenvalue weighted by Crippen LogP contribution is 2.38. The number of hydrogen-bond acceptors (Lipinski definition) is 2. The topological polar surface area (TPSA) is 55.1 Å². The van der Waals surface area contributed by atoms with E-state index in [0.29, 0.717) is 13.1 Å². The molecule has 6 heteroatoms. The standard InChI is InChI=1S/C32H31N5O/c1-3-24-16-18-26(19-17-24)30-29-15-10-20-35(29)31-28(23(2)34-37(31)27-13-8-5-9-14-27)22-36(30)32(38)33-21-25-11-6-4-7-12-25/h4-20,30H,3,21-22H2,1-2H3,(H,33,38). The second-order valence-corrected chi connectivity index (χ2v) is 9.71. The van der Waals surface area contributed by atoms with Crippen molar-refractivity contribution in [2.24, 2.45) is 0 Å². The van der Waals surface area contributed by atoms with Gasteiger partial charge in [0.2, 0.25) is 0 Å². The maximum Gasteiger partial charge on any atom is 0.318 e. The zero-order valence-electron chi connectivity index (χ0n) is 21.7. The van der Waals surface area contributed by atoms with Crippen LogP contribution in [0.5, 0.6) is 0 Å². The predicted octanol–water partition coefficient (Wildman–Crippen LogP) is 6.35. The normalized spacial score (nSPS) is 14.5. The van der Waals surface area contributed by atoms with Gasteiger partial charge in [-0.1, -0.05) is 79.7 Å². The van der Waals surface area contributed by atoms with Crippen molar-refractivity contribution in [2.45, 2.75) is 39.4 Å². The second kappa shape index (κ2) is 10.1. The summed E-state index contributed by atoms with van der Waals surface area (Å²) in [4.78, 5) is 15.9. The van der Waals surface area contributed by atoms with Gasteiger partial charge in [0.05, 0.1) is 29.7 Å². The summed E-state index contributed by atoms with van der Waals surface area (Å²) in [6.07, 6.45) is 3.05. The summed E-state index contributed by atoms with van der Waals surface area (Å²) >= 11 is 0. The molecule has 5 aromatic rings. The number of rotatable bonds is 5. The number of hydrogen-bond donors (Lipinski definition) is 1. The molecule has 1 N–H and O–H groups in total. The number of benzene rings is 3. The number of carbonyl (C=O) groups excluding carboxylic acids is 1. The van der Waals surface area contributed by atoms with Crippen LogP contribution in [0, 0.1) is 6.92 Å². The van der Waals surface area contributed by atoms with Gasteiger partial charge in [-0.15, -0.1) is 0 Å². The van der Waals surface area contributed by atoms with E-state index in [0.717, 1.165) is 46.0 Å². The van der Waals surface area contributed by atoms with E-state index in [1.54, 1.807) is 0 Å². The molecule has 0 radical (unpaired) electrons. The van der Waals surface area contributed by atoms with Crippen LogP contribution in [0.25, 0.3) is 11.5 Å². The molecular formula is C32H31N5O. The van der Waals surface area contributed by atoms with Gasteiger partial charge in [-0.3, -0.25) is 0 Å². The van der Waals surface area contributed by atoms with Crippen molar-refractivity contribution in [3.63, 3.8) is 0 Å². The molecule has 0 saturated carbocycles. The van der Waals surface area contributed by atoms with Gasteiger partial charge < -0.3 is 14.8 Å². The molecular weight excluding hydrogens is 470 g/mol. The number of nitrogens with zero attached hydrogens (tertiary/aromatic N) is 4. The predicted molar refractivity (Wildman–Crippen MR) is 150 cm³/mol. The third kappa shape index (κ3) is 4.28. The van der Waals surface area contributed by atoms with Gasteiger partial charge >= 0.3 is 6.03 Å². The van der Waals surface area contributed by atoms with Crippen LogP contribution in [-0.2, 0) is 19.5 Å². The Hall–Kier alpha value is -4.58. The number of para-hydroxylation sites is 1. The van der Waals surface area contributed by atoms with E-state index in [2.05, 4.69) is 71.5 Å². The third-order valence-electron chi connectivity index (χ3n) is 7.34. The summed E-state index contributed by atoms with van der Waals surface area (Å²) in [5.41, 5.74) is 7.38. The number of nitrogens with one attached hydrogen (secondary N) is 1. The minimum absolute atomic E-state index is 0.106. The molecule has 6 nitrogen and oxygen atoms in total. The molecule has 0 saturated heterocycles. The van der Waals surface area contributed by atoms with Gasteiger partial charge in [0, 0.05) is 18.3 Å². The molecule has 190 valence electrons. The van der Waals surface area contributed by atoms with Crippen LogP contribution in [0.2, 0.25) is 0 Å². The van der Waals surface area contributed by atoms with E-state index >= 15 is 0 Å². The summed E-state index contributed by atoms with van der Waals surface area (Å²) < 4.78 is 4.20. The van der Waals surface area contributed by atoms with Crippen molar-refractivity contribution in [3.05, 3.63) is 137 Å². The number of aromatic nitrogens is 3. The summed E-state index contributed by atoms with van der Waals surface area (Å²) in [5.74, 6) is 0.974. The van der Waals surface area contributed by atoms with E-state index in [1.165, 1.54) is 5.56 Å². The van der Waals surface area contributed by atoms with E-state index in [9.17, 15) is 4.79 Å². The van der Waals surface area contributed by atoms with Crippen LogP contribution in [0.15, 0.2) is 103 Å². The van der Waals surface area contributed by atoms with Gasteiger partial charge in [-0.25, -0.2) is 9.48 Å². The fraction of sp³-hybridized carbons (Fsp3) is 0.188. The molecule has 1 unspecified atom stereocenters. The zero-order chi connectivity index (χ0) is 26.1. The van der Waals surface area contributed by atoms with E-state index < -0.39 is 0 Å². The lowest BCUT2D eigenvalue weighted by atomic mass is 9.99. The van der Waals surface area contributed by atoms with Crippen molar-refractivity contribution in [2.75, 3.05) is 0 Å². The smallest absolute Gasteiger partial charge is 0.318 e. The summed E-state index contributed by atoms with van der Waals surface area (Å²) in [7, 11) is 0. The van der Waals surface area contributed by atoms with Gasteiger partial charge in [0.1, 0.15) is 5.82 Å². The summed E-state index contributed by atoms with van der Waals surface area (Å²) in [5, 5.41) is 8.11. The highest BCUT2D eigenvalue weighted by molar-refractivity contribution is 5.76. The Bertz CT molecular complexity index is 1550. The van der Waals surface area contributed by atoms with Crippen LogP contribution in [0.4, 0.5) is 4.79 Å². The van der Waals surface area contributed by atoms with Crippen molar-refractivity contribution in [1.29, 1.82) is 0 Å². The molecule has 6 rings (SSSR count). The average Bonchev–Trinajstić information content (AvgIpc) is 3.53. The number of urea groups is 1. The quantitative estimate of drug-likeness (QED) is 0.305. The van der Waals surface area contributed by atoms with Crippen LogP contribution in [-0.4, -0.2) is 25.3 Å². The first-order valence-corrected chi connectivity index (χ1v) is 13.1.